The van der Waals surface area contributed by atoms with Crippen molar-refractivity contribution in [3.05, 3.63) is 0 Å². The summed E-state index contributed by atoms with van der Waals surface area (Å²) < 4.78 is 4.69. The molecule has 0 aromatic carbocycles. The Morgan fingerprint density at radius 1 is 1.05 bits per heavy atom. The highest BCUT2D eigenvalue weighted by atomic mass is 16.5. The molecule has 0 unspecified atom stereocenters. The molecule has 2 amide bonds. The molecule has 2 saturated heterocycles. The van der Waals surface area contributed by atoms with Crippen LogP contribution in [0.15, 0.2) is 0 Å². The fraction of sp³-hybridized carbons (Fsp3) is 0.750. The molecule has 2 aliphatic rings. The molecule has 19 heavy (non-hydrogen) atoms. The van der Waals surface area contributed by atoms with Gasteiger partial charge < -0.3 is 14.7 Å². The molecule has 106 valence electrons. The first-order valence-corrected chi connectivity index (χ1v) is 6.44. The fourth-order valence-electron chi connectivity index (χ4n) is 2.86. The van der Waals surface area contributed by atoms with Crippen LogP contribution in [-0.4, -0.2) is 65.2 Å². The molecule has 2 atom stereocenters. The number of rotatable bonds is 2. The summed E-state index contributed by atoms with van der Waals surface area (Å²) in [5.41, 5.74) is 0. The summed E-state index contributed by atoms with van der Waals surface area (Å²) in [5.74, 6) is -0.696. The van der Waals surface area contributed by atoms with E-state index in [-0.39, 0.29) is 5.91 Å². The van der Waals surface area contributed by atoms with Crippen molar-refractivity contribution in [3.8, 4) is 0 Å². The summed E-state index contributed by atoms with van der Waals surface area (Å²) in [6.45, 7) is 0.866. The van der Waals surface area contributed by atoms with Gasteiger partial charge in [0.1, 0.15) is 12.1 Å². The van der Waals surface area contributed by atoms with Gasteiger partial charge in [0.15, 0.2) is 0 Å². The van der Waals surface area contributed by atoms with Crippen molar-refractivity contribution in [1.82, 2.24) is 9.80 Å². The monoisotopic (exact) mass is 270 g/mol. The number of methoxy groups -OCH3 is 1. The third-order valence-corrected chi connectivity index (χ3v) is 3.79. The van der Waals surface area contributed by atoms with E-state index in [1.807, 2.05) is 0 Å². The standard InChI is InChI=1S/C12H18N2O5/c1-19-11(16)9-5-3-6-13(9)10(15)8-4-2-7-14(8)12(17)18/h8-9H,2-7H2,1H3,(H,17,18)/t8-,9-/m1/s1. The Bertz CT molecular complexity index is 398. The van der Waals surface area contributed by atoms with Gasteiger partial charge in [0.2, 0.25) is 5.91 Å². The minimum Gasteiger partial charge on any atom is -0.467 e. The van der Waals surface area contributed by atoms with E-state index in [4.69, 9.17) is 5.11 Å². The second kappa shape index (κ2) is 5.46. The van der Waals surface area contributed by atoms with Crippen LogP contribution in [0, 0.1) is 0 Å². The van der Waals surface area contributed by atoms with E-state index in [0.29, 0.717) is 32.4 Å². The van der Waals surface area contributed by atoms with Crippen LogP contribution < -0.4 is 0 Å². The van der Waals surface area contributed by atoms with Crippen molar-refractivity contribution in [2.24, 2.45) is 0 Å². The number of ether oxygens (including phenoxy) is 1. The minimum absolute atomic E-state index is 0.271. The minimum atomic E-state index is -1.08. The topological polar surface area (TPSA) is 87.2 Å². The van der Waals surface area contributed by atoms with E-state index in [2.05, 4.69) is 4.74 Å². The Balaban J connectivity index is 2.10. The molecule has 2 rings (SSSR count). The number of likely N-dealkylation sites (tertiary alicyclic amines) is 2. The third-order valence-electron chi connectivity index (χ3n) is 3.79. The Labute approximate surface area is 111 Å². The number of carboxylic acid groups (broad SMARTS) is 1. The largest absolute Gasteiger partial charge is 0.467 e. The van der Waals surface area contributed by atoms with Crippen molar-refractivity contribution in [2.75, 3.05) is 20.2 Å². The van der Waals surface area contributed by atoms with Gasteiger partial charge in [0, 0.05) is 13.1 Å². The molecule has 7 heteroatoms. The lowest BCUT2D eigenvalue weighted by Gasteiger charge is -2.29. The molecule has 2 heterocycles. The first-order chi connectivity index (χ1) is 9.06. The molecule has 2 aliphatic heterocycles. The quantitative estimate of drug-likeness (QED) is 0.729. The predicted molar refractivity (Wildman–Crippen MR) is 64.5 cm³/mol. The summed E-state index contributed by atoms with van der Waals surface area (Å²) in [6, 6.07) is -1.21. The lowest BCUT2D eigenvalue weighted by atomic mass is 10.1. The molecule has 0 spiro atoms. The van der Waals surface area contributed by atoms with Crippen LogP contribution in [-0.2, 0) is 14.3 Å². The summed E-state index contributed by atoms with van der Waals surface area (Å²) in [7, 11) is 1.29. The zero-order valence-corrected chi connectivity index (χ0v) is 10.9. The van der Waals surface area contributed by atoms with Crippen LogP contribution in [0.2, 0.25) is 0 Å². The van der Waals surface area contributed by atoms with Crippen molar-refractivity contribution in [1.29, 1.82) is 0 Å². The van der Waals surface area contributed by atoms with Gasteiger partial charge in [0.05, 0.1) is 7.11 Å². The lowest BCUT2D eigenvalue weighted by molar-refractivity contribution is -0.152. The maximum atomic E-state index is 12.4. The Morgan fingerprint density at radius 3 is 2.21 bits per heavy atom. The van der Waals surface area contributed by atoms with Gasteiger partial charge in [-0.15, -0.1) is 0 Å². The first-order valence-electron chi connectivity index (χ1n) is 6.44. The van der Waals surface area contributed by atoms with Gasteiger partial charge in [0.25, 0.3) is 0 Å². The molecule has 0 aromatic rings. The number of carbonyl (C=O) groups is 3. The maximum Gasteiger partial charge on any atom is 0.407 e. The van der Waals surface area contributed by atoms with Gasteiger partial charge in [-0.1, -0.05) is 0 Å². The summed E-state index contributed by atoms with van der Waals surface area (Å²) in [6.07, 6.45) is 1.45. The van der Waals surface area contributed by atoms with Crippen molar-refractivity contribution >= 4 is 18.0 Å². The zero-order valence-electron chi connectivity index (χ0n) is 10.9. The summed E-state index contributed by atoms with van der Waals surface area (Å²) in [5, 5.41) is 9.06. The van der Waals surface area contributed by atoms with Gasteiger partial charge in [-0.05, 0) is 25.7 Å². The van der Waals surface area contributed by atoms with E-state index in [0.717, 1.165) is 11.3 Å². The summed E-state index contributed by atoms with van der Waals surface area (Å²) in [4.78, 5) is 37.7. The highest BCUT2D eigenvalue weighted by molar-refractivity contribution is 5.90. The number of hydrogen-bond donors (Lipinski definition) is 1. The molecular formula is C12H18N2O5. The van der Waals surface area contributed by atoms with Crippen LogP contribution in [0.25, 0.3) is 0 Å². The predicted octanol–water partition coefficient (Wildman–Crippen LogP) is 0.293. The van der Waals surface area contributed by atoms with Gasteiger partial charge in [-0.2, -0.15) is 0 Å². The van der Waals surface area contributed by atoms with Crippen molar-refractivity contribution in [3.63, 3.8) is 0 Å². The van der Waals surface area contributed by atoms with Crippen LogP contribution >= 0.6 is 0 Å². The first kappa shape index (κ1) is 13.6. The zero-order chi connectivity index (χ0) is 14.0. The molecule has 0 aromatic heterocycles. The highest BCUT2D eigenvalue weighted by Gasteiger charge is 2.42. The van der Waals surface area contributed by atoms with E-state index in [1.54, 1.807) is 0 Å². The number of esters is 1. The lowest BCUT2D eigenvalue weighted by Crippen LogP contribution is -2.50. The van der Waals surface area contributed by atoms with Crippen LogP contribution in [0.5, 0.6) is 0 Å². The van der Waals surface area contributed by atoms with E-state index < -0.39 is 24.1 Å². The molecule has 1 N–H and O–H groups in total. The van der Waals surface area contributed by atoms with Crippen molar-refractivity contribution < 1.29 is 24.2 Å². The molecule has 0 bridgehead atoms. The smallest absolute Gasteiger partial charge is 0.407 e. The molecule has 0 radical (unpaired) electrons. The van der Waals surface area contributed by atoms with Gasteiger partial charge in [-0.25, -0.2) is 9.59 Å². The summed E-state index contributed by atoms with van der Waals surface area (Å²) >= 11 is 0. The Hall–Kier alpha value is -1.79. The molecule has 7 nitrogen and oxygen atoms in total. The average Bonchev–Trinajstić information content (AvgIpc) is 3.05. The number of carbonyl (C=O) groups excluding carboxylic acids is 2. The molecule has 0 saturated carbocycles. The maximum absolute atomic E-state index is 12.4. The molecular weight excluding hydrogens is 252 g/mol. The van der Waals surface area contributed by atoms with Crippen molar-refractivity contribution in [2.45, 2.75) is 37.8 Å². The number of hydrogen-bond acceptors (Lipinski definition) is 4. The molecule has 2 fully saturated rings. The highest BCUT2D eigenvalue weighted by Crippen LogP contribution is 2.25. The second-order valence-corrected chi connectivity index (χ2v) is 4.85. The van der Waals surface area contributed by atoms with E-state index >= 15 is 0 Å². The van der Waals surface area contributed by atoms with Gasteiger partial charge >= 0.3 is 12.1 Å². The third kappa shape index (κ3) is 2.50. The van der Waals surface area contributed by atoms with Gasteiger partial charge in [-0.3, -0.25) is 9.69 Å². The Kier molecular flexibility index (Phi) is 3.92. The number of amides is 2. The van der Waals surface area contributed by atoms with E-state index in [1.165, 1.54) is 12.0 Å². The fourth-order valence-corrected chi connectivity index (χ4v) is 2.86. The normalized spacial score (nSPS) is 26.6. The van der Waals surface area contributed by atoms with E-state index in [9.17, 15) is 14.4 Å². The van der Waals surface area contributed by atoms with Crippen LogP contribution in [0.3, 0.4) is 0 Å². The average molecular weight is 270 g/mol. The van der Waals surface area contributed by atoms with Crippen LogP contribution in [0.4, 0.5) is 4.79 Å². The van der Waals surface area contributed by atoms with Crippen LogP contribution in [0.1, 0.15) is 25.7 Å². The number of nitrogens with zero attached hydrogens (tertiary/aromatic N) is 2. The Morgan fingerprint density at radius 2 is 1.63 bits per heavy atom. The SMILES string of the molecule is COC(=O)[C@H]1CCCN1C(=O)[C@H]1CCCN1C(=O)O. The molecule has 0 aliphatic carbocycles. The second-order valence-electron chi connectivity index (χ2n) is 4.85.